The SMILES string of the molecule is CC(=O)Nc1nc(-c2ccc(O)cc2O)cs1.COCC(=O)Nc1nc(-c2ccc(O)cc2O)cs1.NCCC(=O)Nc1nc(-c2ccc(O)cc2O)cs1.O=C(Cc1ccc(CO)cc1)Nc1nc(-c2ccc(O)cc2O)cs1.O=C(Nc1nc(-c2ccc(O)cc2O)cs1)C1CCC(CO)CC1.O=C(Nc1nc(-c2ccc(O)cc2O)cs1)C1CCCCC1. The second-order valence-corrected chi connectivity index (χ2v) is 33.2. The van der Waals surface area contributed by atoms with Crippen LogP contribution in [0.2, 0.25) is 0 Å². The fraction of sp³-hybridized carbons (Fsp3) is 0.233. The first-order valence-electron chi connectivity index (χ1n) is 38.7. The number of carbonyl (C=O) groups is 6. The van der Waals surface area contributed by atoms with E-state index in [-0.39, 0.29) is 155 Å². The molecule has 7 aromatic carbocycles. The van der Waals surface area contributed by atoms with Gasteiger partial charge in [0.1, 0.15) is 75.6 Å². The van der Waals surface area contributed by atoms with Crippen LogP contribution in [0.4, 0.5) is 30.8 Å². The van der Waals surface area contributed by atoms with Gasteiger partial charge < -0.3 is 109 Å². The van der Waals surface area contributed by atoms with Crippen LogP contribution in [0.25, 0.3) is 67.5 Å². The van der Waals surface area contributed by atoms with Crippen molar-refractivity contribution >= 4 is 134 Å². The number of nitrogens with two attached hydrogens (primary N) is 1. The average molecular weight is 1830 g/mol. The van der Waals surface area contributed by atoms with E-state index in [1.807, 2.05) is 0 Å². The van der Waals surface area contributed by atoms with E-state index in [1.165, 1.54) is 161 Å². The molecule has 2 fully saturated rings. The Kier molecular flexibility index (Phi) is 34.9. The second-order valence-electron chi connectivity index (χ2n) is 28.1. The van der Waals surface area contributed by atoms with Gasteiger partial charge >= 0.3 is 0 Å². The van der Waals surface area contributed by atoms with Crippen molar-refractivity contribution in [3.05, 3.63) is 177 Å². The first-order chi connectivity index (χ1) is 60.5. The van der Waals surface area contributed by atoms with Crippen molar-refractivity contribution < 1.29 is 105 Å². The van der Waals surface area contributed by atoms with Crippen molar-refractivity contribution in [2.24, 2.45) is 23.5 Å². The summed E-state index contributed by atoms with van der Waals surface area (Å²) < 4.78 is 4.70. The number of hydrogen-bond donors (Lipinski definition) is 21. The van der Waals surface area contributed by atoms with Gasteiger partial charge in [0.25, 0.3) is 5.91 Å². The third-order valence-corrected chi connectivity index (χ3v) is 23.3. The Labute approximate surface area is 744 Å². The minimum Gasteiger partial charge on any atom is -0.508 e. The highest BCUT2D eigenvalue weighted by Gasteiger charge is 2.28. The van der Waals surface area contributed by atoms with E-state index in [4.69, 9.17) is 20.7 Å². The lowest BCUT2D eigenvalue weighted by atomic mass is 9.82. The zero-order valence-electron chi connectivity index (χ0n) is 67.3. The van der Waals surface area contributed by atoms with Crippen molar-refractivity contribution in [2.75, 3.05) is 58.8 Å². The number of thiazole rings is 6. The molecule has 40 heteroatoms. The third kappa shape index (κ3) is 28.3. The van der Waals surface area contributed by atoms with Gasteiger partial charge in [0.2, 0.25) is 29.5 Å². The zero-order valence-corrected chi connectivity index (χ0v) is 72.2. The van der Waals surface area contributed by atoms with Gasteiger partial charge in [-0.2, -0.15) is 0 Å². The number of phenols is 12. The van der Waals surface area contributed by atoms with Crippen molar-refractivity contribution in [2.45, 2.75) is 84.2 Å². The standard InChI is InChI=1S/C18H16N2O4S.C17H20N2O4S.C16H18N2O3S.C12H13N3O3S.C12H12N2O4S.C11H10N2O3S/c21-9-12-3-1-11(2-4-12)7-17(24)20-18-19-15(10-25-18)14-6-5-13(22)8-16(14)23;20-8-10-1-3-11(4-2-10)16(23)19-17-18-14(9-24-17)13-6-5-12(21)7-15(13)22;19-11-6-7-12(14(20)8-11)13-9-22-16(17-13)18-15(21)10-4-2-1-3-5-10;13-4-3-11(18)15-12-14-9(6-19-12)8-2-1-7(16)5-10(8)17;1-18-5-11(17)14-12-13-9(6-19-12)8-3-2-7(15)4-10(8)16;1-6(14)12-11-13-9(5-17-11)8-3-2-7(15)4-10(8)16/h1-6,8,10,21-23H,7,9H2,(H,19,20,24);5-7,9-11,20-22H,1-4,8H2,(H,18,19,23);6-10,19-20H,1-5H2,(H,17,18,21);1-2,5-6,16-17H,3-4,13H2,(H,14,15,18);2-4,6,15-16H,5H2,1H3,(H,13,14,17);2-5,15-16H,1H3,(H,12,13,14). The second kappa shape index (κ2) is 46.3. The number of phenolic OH excluding ortho intramolecular Hbond substituents is 12. The predicted molar refractivity (Wildman–Crippen MR) is 483 cm³/mol. The predicted octanol–water partition coefficient (Wildman–Crippen LogP) is 15.1. The van der Waals surface area contributed by atoms with Gasteiger partial charge in [-0.25, -0.2) is 29.9 Å². The molecule has 22 N–H and O–H groups in total. The van der Waals surface area contributed by atoms with Crippen LogP contribution in [0.3, 0.4) is 0 Å². The molecule has 15 rings (SSSR count). The largest absolute Gasteiger partial charge is 0.508 e. The molecule has 0 bridgehead atoms. The van der Waals surface area contributed by atoms with Crippen LogP contribution in [0.1, 0.15) is 82.3 Å². The van der Waals surface area contributed by atoms with Crippen LogP contribution in [0.5, 0.6) is 69.0 Å². The summed E-state index contributed by atoms with van der Waals surface area (Å²) in [5.41, 5.74) is 13.2. The van der Waals surface area contributed by atoms with Gasteiger partial charge in [0.05, 0.1) is 47.2 Å². The van der Waals surface area contributed by atoms with E-state index in [0.29, 0.717) is 104 Å². The summed E-state index contributed by atoms with van der Waals surface area (Å²) in [6.45, 7) is 1.81. The molecular weight excluding hydrogens is 1740 g/mol. The first kappa shape index (κ1) is 94.8. The van der Waals surface area contributed by atoms with E-state index in [2.05, 4.69) is 61.8 Å². The van der Waals surface area contributed by atoms with E-state index in [9.17, 15) is 90.0 Å². The maximum Gasteiger partial charge on any atom is 0.252 e. The Morgan fingerprint density at radius 1 is 0.365 bits per heavy atom. The number of rotatable bonds is 22. The first-order valence-corrected chi connectivity index (χ1v) is 43.9. The molecule has 6 heterocycles. The molecular formula is C86H89N13O21S6. The number of aromatic hydroxyl groups is 12. The lowest BCUT2D eigenvalue weighted by molar-refractivity contribution is -0.121. The Morgan fingerprint density at radius 2 is 0.651 bits per heavy atom. The van der Waals surface area contributed by atoms with Crippen LogP contribution in [0, 0.1) is 17.8 Å². The molecule has 6 amide bonds. The molecule has 13 aromatic rings. The number of hydrogen-bond acceptors (Lipinski definition) is 34. The quantitative estimate of drug-likeness (QED) is 0.0300. The molecule has 0 spiro atoms. The smallest absolute Gasteiger partial charge is 0.252 e. The number of nitrogens with one attached hydrogen (secondary N) is 6. The molecule has 2 aliphatic carbocycles. The Balaban J connectivity index is 0.000000159. The molecule has 0 saturated heterocycles. The topological polar surface area (TPSA) is 570 Å². The van der Waals surface area contributed by atoms with Crippen molar-refractivity contribution in [3.8, 4) is 137 Å². The van der Waals surface area contributed by atoms with Crippen molar-refractivity contribution in [1.82, 2.24) is 29.9 Å². The summed E-state index contributed by atoms with van der Waals surface area (Å²) >= 11 is 7.65. The number of aromatic nitrogens is 6. The summed E-state index contributed by atoms with van der Waals surface area (Å²) in [6.07, 6.45) is 9.09. The Morgan fingerprint density at radius 3 is 0.937 bits per heavy atom. The lowest BCUT2D eigenvalue weighted by Gasteiger charge is -2.25. The molecule has 34 nitrogen and oxygen atoms in total. The van der Waals surface area contributed by atoms with Crippen LogP contribution in [-0.4, -0.2) is 164 Å². The summed E-state index contributed by atoms with van der Waals surface area (Å²) in [7, 11) is 1.43. The van der Waals surface area contributed by atoms with Gasteiger partial charge in [0, 0.05) is 148 Å². The number of aliphatic hydroxyl groups is 2. The molecule has 0 radical (unpaired) electrons. The van der Waals surface area contributed by atoms with E-state index in [0.717, 1.165) is 62.5 Å². The fourth-order valence-corrected chi connectivity index (χ4v) is 16.8. The number of amides is 6. The van der Waals surface area contributed by atoms with Crippen LogP contribution in [-0.2, 0) is 46.5 Å². The number of benzene rings is 7. The summed E-state index contributed by atoms with van der Waals surface area (Å²) in [5.74, 6) is -0.969. The average Bonchev–Trinajstić information content (AvgIpc) is 1.73. The number of ether oxygens (including phenoxy) is 1. The van der Waals surface area contributed by atoms with E-state index in [1.54, 1.807) is 92.9 Å². The van der Waals surface area contributed by atoms with Crippen LogP contribution >= 0.6 is 68.0 Å². The number of anilines is 6. The van der Waals surface area contributed by atoms with Gasteiger partial charge in [-0.3, -0.25) is 34.1 Å². The lowest BCUT2D eigenvalue weighted by Crippen LogP contribution is -2.28. The molecule has 660 valence electrons. The van der Waals surface area contributed by atoms with Crippen molar-refractivity contribution in [1.29, 1.82) is 0 Å². The normalized spacial score (nSPS) is 13.3. The van der Waals surface area contributed by atoms with E-state index < -0.39 is 0 Å². The number of nitrogens with zero attached hydrogens (tertiary/aromatic N) is 6. The maximum absolute atomic E-state index is 12.3. The molecule has 0 unspecified atom stereocenters. The summed E-state index contributed by atoms with van der Waals surface area (Å²) in [6, 6.07) is 32.9. The highest BCUT2D eigenvalue weighted by molar-refractivity contribution is 7.15. The molecule has 2 aliphatic rings. The Bertz CT molecular complexity index is 5760. The monoisotopic (exact) mass is 1830 g/mol. The number of aliphatic hydroxyl groups excluding tert-OH is 2. The van der Waals surface area contributed by atoms with Gasteiger partial charge in [-0.15, -0.1) is 68.0 Å². The molecule has 126 heavy (non-hydrogen) atoms. The van der Waals surface area contributed by atoms with Gasteiger partial charge in [-0.05, 0) is 128 Å². The van der Waals surface area contributed by atoms with Gasteiger partial charge in [-0.1, -0.05) is 43.5 Å². The zero-order chi connectivity index (χ0) is 90.5. The fourth-order valence-electron chi connectivity index (χ4n) is 12.4. The maximum atomic E-state index is 12.3. The molecule has 0 atom stereocenters. The van der Waals surface area contributed by atoms with Crippen LogP contribution < -0.4 is 37.6 Å². The third-order valence-electron chi connectivity index (χ3n) is 18.7. The molecule has 2 saturated carbocycles. The molecule has 0 aliphatic heterocycles. The van der Waals surface area contributed by atoms with Crippen molar-refractivity contribution in [3.63, 3.8) is 0 Å². The Hall–Kier alpha value is -13.4. The highest BCUT2D eigenvalue weighted by Crippen LogP contribution is 2.41. The molecule has 6 aromatic heterocycles. The number of carbonyl (C=O) groups excluding carboxylic acids is 6. The van der Waals surface area contributed by atoms with Gasteiger partial charge in [0.15, 0.2) is 30.8 Å². The number of methoxy groups -OCH3 is 1. The summed E-state index contributed by atoms with van der Waals surface area (Å²) in [4.78, 5) is 95.7. The highest BCUT2D eigenvalue weighted by atomic mass is 32.1. The van der Waals surface area contributed by atoms with Crippen LogP contribution in [0.15, 0.2) is 166 Å². The van der Waals surface area contributed by atoms with E-state index >= 15 is 0 Å². The minimum atomic E-state index is -0.293. The summed E-state index contributed by atoms with van der Waals surface area (Å²) in [5, 5.41) is 162. The minimum absolute atomic E-state index is 0.00213.